The zero-order chi connectivity index (χ0) is 15.6. The van der Waals surface area contributed by atoms with Gasteiger partial charge in [-0.15, -0.1) is 0 Å². The summed E-state index contributed by atoms with van der Waals surface area (Å²) < 4.78 is 53.0. The molecular weight excluding hydrogens is 300 g/mol. The second-order valence-electron chi connectivity index (χ2n) is 4.06. The Kier molecular flexibility index (Phi) is 3.78. The number of rotatable bonds is 3. The predicted molar refractivity (Wildman–Crippen MR) is 72.7 cm³/mol. The molecular formula is C13H9F2N3O2S. The summed E-state index contributed by atoms with van der Waals surface area (Å²) in [6.07, 6.45) is 0. The van der Waals surface area contributed by atoms with Crippen LogP contribution in [0.2, 0.25) is 0 Å². The number of anilines is 2. The molecule has 0 unspecified atom stereocenters. The third-order valence-corrected chi connectivity index (χ3v) is 4.04. The second-order valence-corrected chi connectivity index (χ2v) is 5.71. The third kappa shape index (κ3) is 2.93. The number of nitriles is 1. The number of halogens is 2. The maximum atomic E-state index is 13.5. The SMILES string of the molecule is N#Cc1c(F)cccc1S(=O)(=O)Nc1cc(F)ccc1N. The fourth-order valence-corrected chi connectivity index (χ4v) is 2.90. The summed E-state index contributed by atoms with van der Waals surface area (Å²) in [5, 5.41) is 8.86. The number of hydrogen-bond acceptors (Lipinski definition) is 4. The van der Waals surface area contributed by atoms with E-state index in [-0.39, 0.29) is 11.4 Å². The molecule has 0 fully saturated rings. The molecule has 3 N–H and O–H groups in total. The standard InChI is InChI=1S/C13H9F2N3O2S/c14-8-4-5-11(17)12(6-8)18-21(19,20)13-3-1-2-10(15)9(13)7-16/h1-6,18H,17H2. The molecule has 0 aliphatic carbocycles. The van der Waals surface area contributed by atoms with E-state index in [1.807, 2.05) is 4.72 Å². The van der Waals surface area contributed by atoms with Gasteiger partial charge in [-0.2, -0.15) is 5.26 Å². The summed E-state index contributed by atoms with van der Waals surface area (Å²) in [5.41, 5.74) is 4.72. The van der Waals surface area contributed by atoms with Gasteiger partial charge in [0.2, 0.25) is 0 Å². The van der Waals surface area contributed by atoms with Crippen molar-refractivity contribution in [3.63, 3.8) is 0 Å². The highest BCUT2D eigenvalue weighted by atomic mass is 32.2. The summed E-state index contributed by atoms with van der Waals surface area (Å²) >= 11 is 0. The Hall–Kier alpha value is -2.66. The zero-order valence-corrected chi connectivity index (χ0v) is 11.3. The Labute approximate surface area is 119 Å². The van der Waals surface area contributed by atoms with Crippen molar-refractivity contribution in [2.24, 2.45) is 0 Å². The van der Waals surface area contributed by atoms with E-state index in [1.54, 1.807) is 0 Å². The third-order valence-electron chi connectivity index (χ3n) is 2.64. The molecule has 108 valence electrons. The van der Waals surface area contributed by atoms with Crippen molar-refractivity contribution in [1.29, 1.82) is 5.26 Å². The maximum absolute atomic E-state index is 13.5. The van der Waals surface area contributed by atoms with Crippen LogP contribution >= 0.6 is 0 Å². The fourth-order valence-electron chi connectivity index (χ4n) is 1.65. The number of benzene rings is 2. The number of nitrogens with two attached hydrogens (primary N) is 1. The lowest BCUT2D eigenvalue weighted by molar-refractivity contribution is 0.593. The quantitative estimate of drug-likeness (QED) is 0.850. The van der Waals surface area contributed by atoms with Crippen LogP contribution < -0.4 is 10.5 Å². The van der Waals surface area contributed by atoms with Gasteiger partial charge in [-0.25, -0.2) is 17.2 Å². The first kappa shape index (κ1) is 14.7. The average Bonchev–Trinajstić information content (AvgIpc) is 2.42. The maximum Gasteiger partial charge on any atom is 0.263 e. The van der Waals surface area contributed by atoms with Crippen LogP contribution in [0.25, 0.3) is 0 Å². The van der Waals surface area contributed by atoms with Gasteiger partial charge in [0.05, 0.1) is 11.4 Å². The van der Waals surface area contributed by atoms with Crippen molar-refractivity contribution in [2.45, 2.75) is 4.90 Å². The Balaban J connectivity index is 2.52. The highest BCUT2D eigenvalue weighted by Gasteiger charge is 2.22. The zero-order valence-electron chi connectivity index (χ0n) is 10.5. The van der Waals surface area contributed by atoms with Crippen molar-refractivity contribution < 1.29 is 17.2 Å². The first-order valence-electron chi connectivity index (χ1n) is 5.61. The van der Waals surface area contributed by atoms with E-state index < -0.39 is 32.1 Å². The van der Waals surface area contributed by atoms with Crippen molar-refractivity contribution in [1.82, 2.24) is 0 Å². The number of nitrogen functional groups attached to an aromatic ring is 1. The first-order valence-corrected chi connectivity index (χ1v) is 7.10. The predicted octanol–water partition coefficient (Wildman–Crippen LogP) is 2.22. The molecule has 0 amide bonds. The highest BCUT2D eigenvalue weighted by Crippen LogP contribution is 2.25. The lowest BCUT2D eigenvalue weighted by Crippen LogP contribution is -2.16. The number of nitrogens with zero attached hydrogens (tertiary/aromatic N) is 1. The topological polar surface area (TPSA) is 96.0 Å². The molecule has 0 heterocycles. The Bertz CT molecular complexity index is 845. The largest absolute Gasteiger partial charge is 0.397 e. The number of hydrogen-bond donors (Lipinski definition) is 2. The monoisotopic (exact) mass is 309 g/mol. The van der Waals surface area contributed by atoms with Crippen LogP contribution in [-0.4, -0.2) is 8.42 Å². The molecule has 2 rings (SSSR count). The number of nitrogens with one attached hydrogen (secondary N) is 1. The molecule has 0 spiro atoms. The molecule has 0 aromatic heterocycles. The first-order chi connectivity index (χ1) is 9.85. The molecule has 0 atom stereocenters. The van der Waals surface area contributed by atoms with Gasteiger partial charge in [0.15, 0.2) is 0 Å². The van der Waals surface area contributed by atoms with Gasteiger partial charge >= 0.3 is 0 Å². The van der Waals surface area contributed by atoms with Crippen LogP contribution in [0.1, 0.15) is 5.56 Å². The minimum atomic E-state index is -4.28. The molecule has 2 aromatic carbocycles. The van der Waals surface area contributed by atoms with Crippen molar-refractivity contribution in [3.05, 3.63) is 53.6 Å². The smallest absolute Gasteiger partial charge is 0.263 e. The van der Waals surface area contributed by atoms with Gasteiger partial charge in [-0.05, 0) is 24.3 Å². The van der Waals surface area contributed by atoms with Gasteiger partial charge < -0.3 is 5.73 Å². The van der Waals surface area contributed by atoms with Gasteiger partial charge in [0.1, 0.15) is 28.2 Å². The van der Waals surface area contributed by atoms with E-state index >= 15 is 0 Å². The summed E-state index contributed by atoms with van der Waals surface area (Å²) in [6, 6.07) is 7.81. The van der Waals surface area contributed by atoms with Crippen LogP contribution in [0.3, 0.4) is 0 Å². The minimum Gasteiger partial charge on any atom is -0.397 e. The van der Waals surface area contributed by atoms with Crippen LogP contribution in [-0.2, 0) is 10.0 Å². The summed E-state index contributed by atoms with van der Waals surface area (Å²) in [7, 11) is -4.28. The molecule has 0 radical (unpaired) electrons. The molecule has 0 saturated heterocycles. The Morgan fingerprint density at radius 1 is 1.19 bits per heavy atom. The minimum absolute atomic E-state index is 0.00474. The van der Waals surface area contributed by atoms with Gasteiger partial charge in [0, 0.05) is 6.07 Å². The molecule has 2 aromatic rings. The van der Waals surface area contributed by atoms with Crippen molar-refractivity contribution in [2.75, 3.05) is 10.5 Å². The van der Waals surface area contributed by atoms with E-state index in [2.05, 4.69) is 0 Å². The molecule has 21 heavy (non-hydrogen) atoms. The van der Waals surface area contributed by atoms with Crippen molar-refractivity contribution >= 4 is 21.4 Å². The average molecular weight is 309 g/mol. The van der Waals surface area contributed by atoms with Gasteiger partial charge in [-0.1, -0.05) is 6.07 Å². The van der Waals surface area contributed by atoms with E-state index in [9.17, 15) is 17.2 Å². The summed E-state index contributed by atoms with van der Waals surface area (Å²) in [5.74, 6) is -1.66. The van der Waals surface area contributed by atoms with E-state index in [1.165, 1.54) is 12.1 Å². The molecule has 8 heteroatoms. The number of sulfonamides is 1. The molecule has 0 aliphatic heterocycles. The highest BCUT2D eigenvalue weighted by molar-refractivity contribution is 7.92. The van der Waals surface area contributed by atoms with Crippen LogP contribution in [0.5, 0.6) is 0 Å². The van der Waals surface area contributed by atoms with Gasteiger partial charge in [0.25, 0.3) is 10.0 Å². The molecule has 0 bridgehead atoms. The summed E-state index contributed by atoms with van der Waals surface area (Å²) in [4.78, 5) is -0.548. The lowest BCUT2D eigenvalue weighted by Gasteiger charge is -2.11. The van der Waals surface area contributed by atoms with E-state index in [4.69, 9.17) is 11.0 Å². The second kappa shape index (κ2) is 5.38. The molecule has 0 aliphatic rings. The Morgan fingerprint density at radius 3 is 2.57 bits per heavy atom. The van der Waals surface area contributed by atoms with Crippen LogP contribution in [0.15, 0.2) is 41.3 Å². The fraction of sp³-hybridized carbons (Fsp3) is 0. The summed E-state index contributed by atoms with van der Waals surface area (Å²) in [6.45, 7) is 0. The van der Waals surface area contributed by atoms with E-state index in [0.717, 1.165) is 30.3 Å². The molecule has 0 saturated carbocycles. The van der Waals surface area contributed by atoms with Crippen LogP contribution in [0, 0.1) is 23.0 Å². The van der Waals surface area contributed by atoms with E-state index in [0.29, 0.717) is 0 Å². The van der Waals surface area contributed by atoms with Crippen LogP contribution in [0.4, 0.5) is 20.2 Å². The normalized spacial score (nSPS) is 10.9. The van der Waals surface area contributed by atoms with Crippen molar-refractivity contribution in [3.8, 4) is 6.07 Å². The Morgan fingerprint density at radius 2 is 1.90 bits per heavy atom. The lowest BCUT2D eigenvalue weighted by atomic mass is 10.2. The van der Waals surface area contributed by atoms with Gasteiger partial charge in [-0.3, -0.25) is 4.72 Å². The molecule has 5 nitrogen and oxygen atoms in total.